The molecule has 176 valence electrons. The van der Waals surface area contributed by atoms with E-state index in [9.17, 15) is 19.2 Å². The summed E-state index contributed by atoms with van der Waals surface area (Å²) in [5.41, 5.74) is 1.52. The summed E-state index contributed by atoms with van der Waals surface area (Å²) in [6.07, 6.45) is 6.97. The van der Waals surface area contributed by atoms with Crippen LogP contribution in [0.15, 0.2) is 34.0 Å². The maximum absolute atomic E-state index is 13.3. The van der Waals surface area contributed by atoms with Gasteiger partial charge in [0.2, 0.25) is 0 Å². The van der Waals surface area contributed by atoms with Gasteiger partial charge in [0.1, 0.15) is 27.6 Å². The summed E-state index contributed by atoms with van der Waals surface area (Å²) in [6.45, 7) is 2.04. The molecule has 4 rings (SSSR count). The summed E-state index contributed by atoms with van der Waals surface area (Å²) in [4.78, 5) is 28.3. The van der Waals surface area contributed by atoms with Crippen LogP contribution in [-0.2, 0) is 18.4 Å². The van der Waals surface area contributed by atoms with Gasteiger partial charge in [-0.3, -0.25) is 19.1 Å². The molecule has 1 aliphatic carbocycles. The minimum atomic E-state index is -0.423. The van der Waals surface area contributed by atoms with E-state index in [1.807, 2.05) is 6.07 Å². The first-order valence-electron chi connectivity index (χ1n) is 11.2. The Morgan fingerprint density at radius 3 is 2.56 bits per heavy atom. The van der Waals surface area contributed by atoms with Gasteiger partial charge in [0.05, 0.1) is 4.91 Å². The van der Waals surface area contributed by atoms with E-state index < -0.39 is 5.56 Å². The highest BCUT2D eigenvalue weighted by molar-refractivity contribution is 8.26. The molecule has 2 fully saturated rings. The number of amides is 1. The largest absolute Gasteiger partial charge is 0.367 e. The van der Waals surface area contributed by atoms with Crippen LogP contribution in [0.3, 0.4) is 0 Å². The molecule has 0 bridgehead atoms. The Kier molecular flexibility index (Phi) is 7.19. The van der Waals surface area contributed by atoms with Gasteiger partial charge in [-0.15, -0.1) is 0 Å². The molecule has 1 N–H and O–H groups in total. The van der Waals surface area contributed by atoms with Crippen molar-refractivity contribution in [2.24, 2.45) is 7.05 Å². The number of thioether (sulfide) groups is 1. The molecular weight excluding hydrogens is 471 g/mol. The van der Waals surface area contributed by atoms with Crippen molar-refractivity contribution in [2.45, 2.75) is 51.6 Å². The maximum Gasteiger partial charge on any atom is 0.270 e. The van der Waals surface area contributed by atoms with Gasteiger partial charge in [-0.25, -0.2) is 4.39 Å². The molecule has 0 atom stereocenters. The van der Waals surface area contributed by atoms with Crippen LogP contribution in [0.5, 0.6) is 0 Å². The second kappa shape index (κ2) is 10.1. The van der Waals surface area contributed by atoms with E-state index in [0.29, 0.717) is 32.7 Å². The van der Waals surface area contributed by atoms with Crippen LogP contribution in [0, 0.1) is 24.1 Å². The van der Waals surface area contributed by atoms with Gasteiger partial charge >= 0.3 is 0 Å². The number of aromatic nitrogens is 1. The zero-order valence-electron chi connectivity index (χ0n) is 19.1. The van der Waals surface area contributed by atoms with Crippen molar-refractivity contribution >= 4 is 46.1 Å². The van der Waals surface area contributed by atoms with E-state index in [2.05, 4.69) is 5.32 Å². The molecule has 6 nitrogen and oxygen atoms in total. The van der Waals surface area contributed by atoms with Gasteiger partial charge in [-0.2, -0.15) is 5.26 Å². The molecule has 1 aromatic heterocycles. The molecule has 2 aliphatic rings. The Morgan fingerprint density at radius 1 is 1.24 bits per heavy atom. The highest BCUT2D eigenvalue weighted by Gasteiger charge is 2.37. The number of benzene rings is 1. The predicted molar refractivity (Wildman–Crippen MR) is 137 cm³/mol. The third-order valence-electron chi connectivity index (χ3n) is 6.41. The van der Waals surface area contributed by atoms with Crippen LogP contribution in [0.4, 0.5) is 10.2 Å². The van der Waals surface area contributed by atoms with Crippen LogP contribution in [0.1, 0.15) is 54.4 Å². The van der Waals surface area contributed by atoms with E-state index in [1.165, 1.54) is 34.9 Å². The number of nitrogens with zero attached hydrogens (tertiary/aromatic N) is 3. The third kappa shape index (κ3) is 4.65. The van der Waals surface area contributed by atoms with Gasteiger partial charge in [0.15, 0.2) is 0 Å². The van der Waals surface area contributed by atoms with Gasteiger partial charge in [0, 0.05) is 25.2 Å². The van der Waals surface area contributed by atoms with E-state index in [-0.39, 0.29) is 23.3 Å². The number of anilines is 1. The number of halogens is 1. The summed E-state index contributed by atoms with van der Waals surface area (Å²) in [6, 6.07) is 8.18. The smallest absolute Gasteiger partial charge is 0.270 e. The standard InChI is InChI=1S/C25H25FN4O2S2/c1-15-19(12-21-24(32)30(25(33)34-21)18-6-4-3-5-7-18)22(29(2)23(31)20(15)13-27)28-14-16-8-10-17(26)11-9-16/h8-12,18,28H,3-7,14H2,1-2H3/b21-12+. The highest BCUT2D eigenvalue weighted by Crippen LogP contribution is 2.38. The number of pyridine rings is 1. The van der Waals surface area contributed by atoms with Crippen molar-refractivity contribution in [3.05, 3.63) is 67.6 Å². The molecule has 1 aromatic carbocycles. The molecule has 0 unspecified atom stereocenters. The summed E-state index contributed by atoms with van der Waals surface area (Å²) in [5, 5.41) is 12.8. The molecule has 1 saturated heterocycles. The van der Waals surface area contributed by atoms with Gasteiger partial charge in [0.25, 0.3) is 11.5 Å². The molecule has 1 amide bonds. The number of hydrogen-bond acceptors (Lipinski definition) is 6. The third-order valence-corrected chi connectivity index (χ3v) is 7.74. The van der Waals surface area contributed by atoms with E-state index in [1.54, 1.807) is 37.1 Å². The van der Waals surface area contributed by atoms with Crippen molar-refractivity contribution in [2.75, 3.05) is 5.32 Å². The predicted octanol–water partition coefficient (Wildman–Crippen LogP) is 4.85. The minimum absolute atomic E-state index is 0.0313. The molecule has 9 heteroatoms. The number of rotatable bonds is 5. The molecule has 2 aromatic rings. The van der Waals surface area contributed by atoms with Crippen LogP contribution < -0.4 is 10.9 Å². The van der Waals surface area contributed by atoms with Crippen LogP contribution in [-0.4, -0.2) is 25.7 Å². The van der Waals surface area contributed by atoms with E-state index in [0.717, 1.165) is 31.2 Å². The lowest BCUT2D eigenvalue weighted by molar-refractivity contribution is -0.124. The quantitative estimate of drug-likeness (QED) is 0.471. The Hall–Kier alpha value is -2.96. The summed E-state index contributed by atoms with van der Waals surface area (Å²) in [7, 11) is 1.58. The lowest BCUT2D eigenvalue weighted by Crippen LogP contribution is -2.39. The van der Waals surface area contributed by atoms with E-state index >= 15 is 0 Å². The molecular formula is C25H25FN4O2S2. The fourth-order valence-electron chi connectivity index (χ4n) is 4.50. The Labute approximate surface area is 207 Å². The topological polar surface area (TPSA) is 78.1 Å². The number of carbonyl (C=O) groups excluding carboxylic acids is 1. The number of carbonyl (C=O) groups is 1. The highest BCUT2D eigenvalue weighted by atomic mass is 32.2. The van der Waals surface area contributed by atoms with Crippen molar-refractivity contribution in [3.8, 4) is 6.07 Å². The average Bonchev–Trinajstić information content (AvgIpc) is 3.11. The number of nitrogens with one attached hydrogen (secondary N) is 1. The second-order valence-electron chi connectivity index (χ2n) is 8.56. The first-order chi connectivity index (χ1) is 16.3. The van der Waals surface area contributed by atoms with Crippen LogP contribution in [0.2, 0.25) is 0 Å². The Balaban J connectivity index is 1.73. The molecule has 1 aliphatic heterocycles. The van der Waals surface area contributed by atoms with Crippen molar-refractivity contribution in [3.63, 3.8) is 0 Å². The fourth-order valence-corrected chi connectivity index (χ4v) is 5.88. The zero-order chi connectivity index (χ0) is 24.4. The monoisotopic (exact) mass is 496 g/mol. The molecule has 2 heterocycles. The Morgan fingerprint density at radius 2 is 1.91 bits per heavy atom. The lowest BCUT2D eigenvalue weighted by Gasteiger charge is -2.29. The van der Waals surface area contributed by atoms with Gasteiger partial charge in [-0.05, 0) is 49.1 Å². The normalized spacial score (nSPS) is 17.9. The molecule has 34 heavy (non-hydrogen) atoms. The first kappa shape index (κ1) is 24.2. The van der Waals surface area contributed by atoms with Gasteiger partial charge < -0.3 is 5.32 Å². The van der Waals surface area contributed by atoms with Crippen molar-refractivity contribution in [1.82, 2.24) is 9.47 Å². The summed E-state index contributed by atoms with van der Waals surface area (Å²) in [5.74, 6) is 0.0259. The fraction of sp³-hybridized carbons (Fsp3) is 0.360. The Bertz CT molecular complexity index is 1270. The molecule has 0 radical (unpaired) electrons. The SMILES string of the molecule is Cc1c(/C=C2/SC(=S)N(C3CCCCC3)C2=O)c(NCc2ccc(F)cc2)n(C)c(=O)c1C#N. The summed E-state index contributed by atoms with van der Waals surface area (Å²) >= 11 is 6.81. The second-order valence-corrected chi connectivity index (χ2v) is 10.2. The van der Waals surface area contributed by atoms with Crippen molar-refractivity contribution in [1.29, 1.82) is 5.26 Å². The maximum atomic E-state index is 13.3. The molecule has 1 saturated carbocycles. The minimum Gasteiger partial charge on any atom is -0.367 e. The zero-order valence-corrected chi connectivity index (χ0v) is 20.7. The van der Waals surface area contributed by atoms with Crippen molar-refractivity contribution < 1.29 is 9.18 Å². The lowest BCUT2D eigenvalue weighted by atomic mass is 9.94. The summed E-state index contributed by atoms with van der Waals surface area (Å²) < 4.78 is 15.2. The van der Waals surface area contributed by atoms with E-state index in [4.69, 9.17) is 12.2 Å². The number of nitriles is 1. The molecule has 0 spiro atoms. The average molecular weight is 497 g/mol. The number of thiocarbonyl (C=S) groups is 1. The van der Waals surface area contributed by atoms with Crippen LogP contribution in [0.25, 0.3) is 6.08 Å². The van der Waals surface area contributed by atoms with Gasteiger partial charge in [-0.1, -0.05) is 55.4 Å². The number of hydrogen-bond donors (Lipinski definition) is 1. The first-order valence-corrected chi connectivity index (χ1v) is 12.4. The van der Waals surface area contributed by atoms with Crippen LogP contribution >= 0.6 is 24.0 Å².